The maximum Gasteiger partial charge on any atom is 0.272 e. The van der Waals surface area contributed by atoms with Crippen LogP contribution in [0.5, 0.6) is 0 Å². The highest BCUT2D eigenvalue weighted by Crippen LogP contribution is 2.19. The van der Waals surface area contributed by atoms with E-state index in [0.29, 0.717) is 33.4 Å². The summed E-state index contributed by atoms with van der Waals surface area (Å²) in [5.74, 6) is 1.23. The van der Waals surface area contributed by atoms with E-state index in [2.05, 4.69) is 35.8 Å². The van der Waals surface area contributed by atoms with Crippen LogP contribution in [0.25, 0.3) is 16.7 Å². The van der Waals surface area contributed by atoms with E-state index < -0.39 is 0 Å². The van der Waals surface area contributed by atoms with Crippen LogP contribution in [-0.4, -0.2) is 35.2 Å². The fourth-order valence-electron chi connectivity index (χ4n) is 2.75. The van der Waals surface area contributed by atoms with Crippen LogP contribution in [0.2, 0.25) is 5.02 Å². The van der Waals surface area contributed by atoms with E-state index in [1.165, 1.54) is 0 Å². The Morgan fingerprint density at radius 3 is 2.89 bits per heavy atom. The zero-order chi connectivity index (χ0) is 19.0. The normalized spacial score (nSPS) is 12.3. The highest BCUT2D eigenvalue weighted by Gasteiger charge is 2.14. The molecule has 0 aliphatic heterocycles. The fourth-order valence-corrected chi connectivity index (χ4v) is 2.92. The average Bonchev–Trinajstić information content (AvgIpc) is 3.07. The minimum absolute atomic E-state index is 0.266. The third-order valence-corrected chi connectivity index (χ3v) is 4.30. The Morgan fingerprint density at radius 1 is 1.26 bits per heavy atom. The molecule has 0 bridgehead atoms. The van der Waals surface area contributed by atoms with E-state index in [9.17, 15) is 4.79 Å². The topological polar surface area (TPSA) is 114 Å². The lowest BCUT2D eigenvalue weighted by Gasteiger charge is -2.14. The molecule has 2 N–H and O–H groups in total. The number of H-pyrrole nitrogens is 1. The number of aromatic amines is 1. The second-order valence-electron chi connectivity index (χ2n) is 6.02. The summed E-state index contributed by atoms with van der Waals surface area (Å²) < 4.78 is 1.60. The molecule has 4 aromatic rings. The number of fused-ring (bicyclic) bond motifs is 1. The number of aromatic nitrogens is 7. The molecule has 9 nitrogen and oxygen atoms in total. The quantitative estimate of drug-likeness (QED) is 0.557. The maximum atomic E-state index is 12.4. The molecule has 0 fully saturated rings. The van der Waals surface area contributed by atoms with Crippen molar-refractivity contribution in [2.45, 2.75) is 19.9 Å². The van der Waals surface area contributed by atoms with Crippen LogP contribution >= 0.6 is 11.6 Å². The Morgan fingerprint density at radius 2 is 2.11 bits per heavy atom. The van der Waals surface area contributed by atoms with Gasteiger partial charge in [0.05, 0.1) is 22.8 Å². The van der Waals surface area contributed by atoms with Crippen molar-refractivity contribution in [3.63, 3.8) is 0 Å². The van der Waals surface area contributed by atoms with Gasteiger partial charge in [-0.05, 0) is 48.5 Å². The molecule has 0 saturated carbocycles. The third-order valence-electron chi connectivity index (χ3n) is 4.07. The Balaban J connectivity index is 1.65. The number of hydrogen-bond donors (Lipinski definition) is 2. The fraction of sp³-hybridized carbons (Fsp3) is 0.176. The summed E-state index contributed by atoms with van der Waals surface area (Å²) >= 11 is 6.02. The van der Waals surface area contributed by atoms with Crippen molar-refractivity contribution in [2.24, 2.45) is 0 Å². The van der Waals surface area contributed by atoms with Crippen molar-refractivity contribution in [2.75, 3.05) is 5.32 Å². The molecule has 27 heavy (non-hydrogen) atoms. The van der Waals surface area contributed by atoms with E-state index in [1.54, 1.807) is 48.1 Å². The zero-order valence-corrected chi connectivity index (χ0v) is 15.3. The van der Waals surface area contributed by atoms with Crippen molar-refractivity contribution in [3.8, 4) is 5.69 Å². The van der Waals surface area contributed by atoms with Gasteiger partial charge in [0.25, 0.3) is 5.56 Å². The van der Waals surface area contributed by atoms with Gasteiger partial charge >= 0.3 is 0 Å². The first-order chi connectivity index (χ1) is 13.0. The summed E-state index contributed by atoms with van der Waals surface area (Å²) in [4.78, 5) is 24.0. The van der Waals surface area contributed by atoms with Crippen molar-refractivity contribution < 1.29 is 0 Å². The molecule has 3 aromatic heterocycles. The van der Waals surface area contributed by atoms with Gasteiger partial charge in [-0.3, -0.25) is 4.79 Å². The number of nitrogens with one attached hydrogen (secondary N) is 2. The number of benzene rings is 1. The van der Waals surface area contributed by atoms with Crippen molar-refractivity contribution in [1.82, 2.24) is 35.2 Å². The molecule has 0 saturated heterocycles. The van der Waals surface area contributed by atoms with Gasteiger partial charge in [0.1, 0.15) is 11.5 Å². The van der Waals surface area contributed by atoms with Gasteiger partial charge in [-0.2, -0.15) is 4.68 Å². The summed E-state index contributed by atoms with van der Waals surface area (Å²) in [5, 5.41) is 15.2. The Bertz CT molecular complexity index is 1180. The van der Waals surface area contributed by atoms with Crippen LogP contribution in [0, 0.1) is 6.92 Å². The van der Waals surface area contributed by atoms with Crippen LogP contribution < -0.4 is 10.9 Å². The predicted octanol–water partition coefficient (Wildman–Crippen LogP) is 2.43. The van der Waals surface area contributed by atoms with Gasteiger partial charge in [0.15, 0.2) is 5.82 Å². The molecule has 1 aromatic carbocycles. The zero-order valence-electron chi connectivity index (χ0n) is 14.5. The molecule has 0 unspecified atom stereocenters. The monoisotopic (exact) mass is 382 g/mol. The first-order valence-electron chi connectivity index (χ1n) is 8.19. The number of halogens is 1. The summed E-state index contributed by atoms with van der Waals surface area (Å²) in [6, 6.07) is 8.36. The van der Waals surface area contributed by atoms with Gasteiger partial charge in [0, 0.05) is 17.3 Å². The van der Waals surface area contributed by atoms with Crippen molar-refractivity contribution in [3.05, 3.63) is 63.4 Å². The van der Waals surface area contributed by atoms with Crippen molar-refractivity contribution >= 4 is 28.5 Å². The van der Waals surface area contributed by atoms with Gasteiger partial charge in [-0.15, -0.1) is 5.10 Å². The molecule has 0 radical (unpaired) electrons. The standard InChI is InChI=1S/C17H15ClN8O/c1-9(16-17(27)22-13-4-3-11(18)7-14(13)21-16)20-15-8-12(5-6-19-15)26-10(2)23-24-25-26/h3-9H,1-2H3,(H,19,20)(H,22,27)/t9-/m0/s1. The molecule has 3 heterocycles. The van der Waals surface area contributed by atoms with Crippen molar-refractivity contribution in [1.29, 1.82) is 0 Å². The molecule has 0 aliphatic rings. The number of aryl methyl sites for hydroxylation is 1. The van der Waals surface area contributed by atoms with Gasteiger partial charge < -0.3 is 10.3 Å². The van der Waals surface area contributed by atoms with E-state index >= 15 is 0 Å². The Hall–Kier alpha value is -3.33. The number of pyridine rings is 1. The maximum absolute atomic E-state index is 12.4. The Kier molecular flexibility index (Phi) is 4.28. The summed E-state index contributed by atoms with van der Waals surface area (Å²) in [7, 11) is 0. The number of tetrazole rings is 1. The van der Waals surface area contributed by atoms with E-state index in [-0.39, 0.29) is 11.6 Å². The average molecular weight is 383 g/mol. The number of rotatable bonds is 4. The first kappa shape index (κ1) is 17.1. The molecular formula is C17H15ClN8O. The molecule has 4 rings (SSSR count). The molecule has 1 atom stereocenters. The molecule has 10 heteroatoms. The molecule has 0 amide bonds. The van der Waals surface area contributed by atoms with Crippen LogP contribution in [-0.2, 0) is 0 Å². The van der Waals surface area contributed by atoms with E-state index in [0.717, 1.165) is 5.69 Å². The van der Waals surface area contributed by atoms with Crippen LogP contribution in [0.1, 0.15) is 24.5 Å². The summed E-state index contributed by atoms with van der Waals surface area (Å²) in [6.07, 6.45) is 1.64. The minimum Gasteiger partial charge on any atom is -0.362 e. The first-order valence-corrected chi connectivity index (χ1v) is 8.56. The molecule has 136 valence electrons. The van der Waals surface area contributed by atoms with Crippen LogP contribution in [0.4, 0.5) is 5.82 Å². The lowest BCUT2D eigenvalue weighted by Crippen LogP contribution is -2.22. The molecule has 0 aliphatic carbocycles. The van der Waals surface area contributed by atoms with Gasteiger partial charge in [-0.1, -0.05) is 11.6 Å². The Labute approximate surface area is 158 Å². The lowest BCUT2D eigenvalue weighted by atomic mass is 10.2. The third kappa shape index (κ3) is 3.36. The molecular weight excluding hydrogens is 368 g/mol. The number of anilines is 1. The van der Waals surface area contributed by atoms with Crippen LogP contribution in [0.15, 0.2) is 41.3 Å². The SMILES string of the molecule is Cc1nnnn1-c1ccnc(N[C@@H](C)c2nc3cc(Cl)ccc3[nH]c2=O)c1. The second-order valence-corrected chi connectivity index (χ2v) is 6.45. The minimum atomic E-state index is -0.380. The summed E-state index contributed by atoms with van der Waals surface area (Å²) in [6.45, 7) is 3.64. The molecule has 0 spiro atoms. The number of hydrogen-bond acceptors (Lipinski definition) is 7. The highest BCUT2D eigenvalue weighted by molar-refractivity contribution is 6.31. The predicted molar refractivity (Wildman–Crippen MR) is 101 cm³/mol. The lowest BCUT2D eigenvalue weighted by molar-refractivity contribution is 0.776. The van der Waals surface area contributed by atoms with Gasteiger partial charge in [-0.25, -0.2) is 9.97 Å². The smallest absolute Gasteiger partial charge is 0.272 e. The van der Waals surface area contributed by atoms with E-state index in [4.69, 9.17) is 11.6 Å². The summed E-state index contributed by atoms with van der Waals surface area (Å²) in [5.41, 5.74) is 2.09. The van der Waals surface area contributed by atoms with E-state index in [1.807, 2.05) is 6.92 Å². The van der Waals surface area contributed by atoms with Crippen LogP contribution in [0.3, 0.4) is 0 Å². The highest BCUT2D eigenvalue weighted by atomic mass is 35.5. The number of nitrogens with zero attached hydrogens (tertiary/aromatic N) is 6. The largest absolute Gasteiger partial charge is 0.362 e. The second kappa shape index (κ2) is 6.76. The van der Waals surface area contributed by atoms with Gasteiger partial charge in [0.2, 0.25) is 0 Å².